The van der Waals surface area contributed by atoms with Crippen molar-refractivity contribution in [2.75, 3.05) is 44.4 Å². The first kappa shape index (κ1) is 24.1. The lowest BCUT2D eigenvalue weighted by molar-refractivity contribution is 0.344. The number of aromatic nitrogens is 2. The number of thioether (sulfide) groups is 1. The molecule has 0 radical (unpaired) electrons. The van der Waals surface area contributed by atoms with E-state index in [1.807, 2.05) is 73.6 Å². The number of aliphatic imine (C=N–C) groups is 1. The van der Waals surface area contributed by atoms with Crippen LogP contribution in [0.25, 0.3) is 11.5 Å². The normalized spacial score (nSPS) is 11.4. The maximum Gasteiger partial charge on any atom is 0.247 e. The summed E-state index contributed by atoms with van der Waals surface area (Å²) in [5, 5.41) is 17.2. The van der Waals surface area contributed by atoms with Gasteiger partial charge in [-0.2, -0.15) is 5.26 Å². The van der Waals surface area contributed by atoms with Gasteiger partial charge in [0, 0.05) is 30.1 Å². The molecule has 172 valence electrons. The van der Waals surface area contributed by atoms with Crippen molar-refractivity contribution in [2.45, 2.75) is 5.75 Å². The molecule has 33 heavy (non-hydrogen) atoms. The highest BCUT2D eigenvalue weighted by molar-refractivity contribution is 7.98. The Balaban J connectivity index is 1.55. The first-order valence-electron chi connectivity index (χ1n) is 10.4. The number of hydrogen-bond donors (Lipinski definition) is 1. The van der Waals surface area contributed by atoms with Crippen LogP contribution in [-0.4, -0.2) is 60.6 Å². The van der Waals surface area contributed by atoms with Crippen molar-refractivity contribution in [3.05, 3.63) is 60.5 Å². The number of rotatable bonds is 11. The Bertz CT molecular complexity index is 1060. The first-order valence-corrected chi connectivity index (χ1v) is 11.5. The van der Waals surface area contributed by atoms with Crippen molar-refractivity contribution in [3.8, 4) is 23.4 Å². The molecule has 0 bridgehead atoms. The molecule has 1 heterocycles. The summed E-state index contributed by atoms with van der Waals surface area (Å²) in [7, 11) is 3.95. The van der Waals surface area contributed by atoms with Gasteiger partial charge in [0.25, 0.3) is 0 Å². The van der Waals surface area contributed by atoms with Gasteiger partial charge in [0.05, 0.1) is 12.4 Å². The van der Waals surface area contributed by atoms with E-state index in [1.165, 1.54) is 0 Å². The topological polar surface area (TPSA) is 117 Å². The maximum atomic E-state index is 8.86. The number of guanidine groups is 1. The number of nitrogens with two attached hydrogens (primary N) is 1. The summed E-state index contributed by atoms with van der Waals surface area (Å²) in [6.07, 6.45) is 1.74. The molecule has 0 amide bonds. The Morgan fingerprint density at radius 1 is 1.12 bits per heavy atom. The summed E-state index contributed by atoms with van der Waals surface area (Å²) in [5.41, 5.74) is 7.61. The smallest absolute Gasteiger partial charge is 0.247 e. The number of ether oxygens (including phenoxy) is 1. The summed E-state index contributed by atoms with van der Waals surface area (Å²) in [4.78, 5) is 7.50. The van der Waals surface area contributed by atoms with E-state index in [0.717, 1.165) is 29.3 Å². The van der Waals surface area contributed by atoms with Crippen molar-refractivity contribution < 1.29 is 9.15 Å². The minimum Gasteiger partial charge on any atom is -0.493 e. The molecular weight excluding hydrogens is 438 g/mol. The molecular formula is C23H27N7O2S. The summed E-state index contributed by atoms with van der Waals surface area (Å²) in [5.74, 6) is 3.47. The molecule has 0 spiro atoms. The molecule has 0 aliphatic rings. The number of nitrogens with zero attached hydrogens (tertiary/aromatic N) is 6. The summed E-state index contributed by atoms with van der Waals surface area (Å²) in [6.45, 7) is 1.96. The molecule has 3 rings (SSSR count). The summed E-state index contributed by atoms with van der Waals surface area (Å²) < 4.78 is 11.5. The molecule has 1 aromatic heterocycles. The van der Waals surface area contributed by atoms with Gasteiger partial charge in [-0.1, -0.05) is 18.2 Å². The van der Waals surface area contributed by atoms with E-state index in [1.54, 1.807) is 22.9 Å². The van der Waals surface area contributed by atoms with Gasteiger partial charge in [0.15, 0.2) is 0 Å². The lowest BCUT2D eigenvalue weighted by atomic mass is 10.2. The maximum absolute atomic E-state index is 8.86. The van der Waals surface area contributed by atoms with Crippen LogP contribution in [0.3, 0.4) is 0 Å². The van der Waals surface area contributed by atoms with Crippen LogP contribution in [0.1, 0.15) is 5.89 Å². The zero-order chi connectivity index (χ0) is 23.5. The van der Waals surface area contributed by atoms with Gasteiger partial charge in [-0.05, 0) is 50.5 Å². The molecule has 0 unspecified atom stereocenters. The van der Waals surface area contributed by atoms with Crippen LogP contribution in [-0.2, 0) is 5.75 Å². The largest absolute Gasteiger partial charge is 0.493 e. The number of hydrogen-bond acceptors (Lipinski definition) is 8. The summed E-state index contributed by atoms with van der Waals surface area (Å²) in [6, 6.07) is 17.3. The Kier molecular flexibility index (Phi) is 9.11. The van der Waals surface area contributed by atoms with Crippen LogP contribution in [0, 0.1) is 11.5 Å². The van der Waals surface area contributed by atoms with Crippen LogP contribution < -0.4 is 15.4 Å². The van der Waals surface area contributed by atoms with Crippen molar-refractivity contribution in [2.24, 2.45) is 10.7 Å². The van der Waals surface area contributed by atoms with Gasteiger partial charge in [-0.3, -0.25) is 0 Å². The highest BCUT2D eigenvalue weighted by Gasteiger charge is 2.14. The third kappa shape index (κ3) is 7.52. The molecule has 9 nitrogen and oxygen atoms in total. The van der Waals surface area contributed by atoms with Gasteiger partial charge in [-0.25, -0.2) is 0 Å². The van der Waals surface area contributed by atoms with Crippen molar-refractivity contribution in [3.63, 3.8) is 0 Å². The monoisotopic (exact) mass is 465 g/mol. The standard InChI is InChI=1S/C23H27N7O2S/c1-29(2)12-13-30(23(25)26-17-24)19-10-8-18(9-11-19)22-28-27-21(32-22)16-33-15-14-31-20-6-4-3-5-7-20/h3-11H,12-16H2,1-2H3,(H2,25,26). The van der Waals surface area contributed by atoms with Gasteiger partial charge in [-0.15, -0.1) is 27.0 Å². The van der Waals surface area contributed by atoms with Gasteiger partial charge in [0.1, 0.15) is 5.75 Å². The molecule has 0 atom stereocenters. The molecule has 0 saturated heterocycles. The van der Waals surface area contributed by atoms with E-state index in [0.29, 0.717) is 30.7 Å². The fraction of sp³-hybridized carbons (Fsp3) is 0.304. The molecule has 10 heteroatoms. The average Bonchev–Trinajstić information content (AvgIpc) is 3.29. The Morgan fingerprint density at radius 2 is 1.88 bits per heavy atom. The molecule has 0 fully saturated rings. The average molecular weight is 466 g/mol. The van der Waals surface area contributed by atoms with E-state index in [-0.39, 0.29) is 5.96 Å². The van der Waals surface area contributed by atoms with Crippen molar-refractivity contribution in [1.82, 2.24) is 15.1 Å². The zero-order valence-corrected chi connectivity index (χ0v) is 19.5. The minimum atomic E-state index is 0.153. The van der Waals surface area contributed by atoms with Crippen molar-refractivity contribution in [1.29, 1.82) is 5.26 Å². The lowest BCUT2D eigenvalue weighted by Crippen LogP contribution is -2.41. The molecule has 0 aliphatic heterocycles. The van der Waals surface area contributed by atoms with Gasteiger partial charge >= 0.3 is 0 Å². The molecule has 0 aliphatic carbocycles. The SMILES string of the molecule is CN(C)CCN(C(N)=NC#N)c1ccc(-c2nnc(CSCCOc3ccccc3)o2)cc1. The Labute approximate surface area is 197 Å². The number of nitriles is 1. The fourth-order valence-corrected chi connectivity index (χ4v) is 3.53. The third-order valence-electron chi connectivity index (χ3n) is 4.57. The highest BCUT2D eigenvalue weighted by Crippen LogP contribution is 2.23. The third-order valence-corrected chi connectivity index (χ3v) is 5.48. The number of benzene rings is 2. The molecule has 2 aromatic carbocycles. The number of para-hydroxylation sites is 1. The molecule has 2 N–H and O–H groups in total. The van der Waals surface area contributed by atoms with Crippen LogP contribution in [0.2, 0.25) is 0 Å². The molecule has 3 aromatic rings. The second-order valence-corrected chi connectivity index (χ2v) is 8.39. The summed E-state index contributed by atoms with van der Waals surface area (Å²) >= 11 is 1.67. The van der Waals surface area contributed by atoms with Gasteiger partial charge < -0.3 is 24.7 Å². The molecule has 0 saturated carbocycles. The van der Waals surface area contributed by atoms with Crippen LogP contribution in [0.4, 0.5) is 5.69 Å². The van der Waals surface area contributed by atoms with E-state index < -0.39 is 0 Å². The van der Waals surface area contributed by atoms with Gasteiger partial charge in [0.2, 0.25) is 23.9 Å². The fourth-order valence-electron chi connectivity index (χ4n) is 2.89. The second-order valence-electron chi connectivity index (χ2n) is 7.29. The zero-order valence-electron chi connectivity index (χ0n) is 18.7. The first-order chi connectivity index (χ1) is 16.1. The van der Waals surface area contributed by atoms with Crippen LogP contribution in [0.5, 0.6) is 5.75 Å². The Morgan fingerprint density at radius 3 is 2.58 bits per heavy atom. The number of likely N-dealkylation sites (N-methyl/N-ethyl adjacent to an activating group) is 1. The Hall–Kier alpha value is -3.55. The second kappa shape index (κ2) is 12.5. The lowest BCUT2D eigenvalue weighted by Gasteiger charge is -2.24. The van der Waals surface area contributed by atoms with E-state index in [2.05, 4.69) is 15.2 Å². The number of anilines is 1. The van der Waals surface area contributed by atoms with E-state index in [4.69, 9.17) is 20.1 Å². The quantitative estimate of drug-likeness (QED) is 0.197. The predicted molar refractivity (Wildman–Crippen MR) is 131 cm³/mol. The van der Waals surface area contributed by atoms with E-state index in [9.17, 15) is 0 Å². The minimum absolute atomic E-state index is 0.153. The van der Waals surface area contributed by atoms with Crippen molar-refractivity contribution >= 4 is 23.4 Å². The van der Waals surface area contributed by atoms with Crippen LogP contribution in [0.15, 0.2) is 64.0 Å². The predicted octanol–water partition coefficient (Wildman–Crippen LogP) is 3.21. The van der Waals surface area contributed by atoms with E-state index >= 15 is 0 Å². The highest BCUT2D eigenvalue weighted by atomic mass is 32.2. The van der Waals surface area contributed by atoms with Crippen LogP contribution >= 0.6 is 11.8 Å².